The molecule has 6 nitrogen and oxygen atoms in total. The lowest BCUT2D eigenvalue weighted by Crippen LogP contribution is -2.37. The van der Waals surface area contributed by atoms with E-state index in [0.717, 1.165) is 50.0 Å². The lowest BCUT2D eigenvalue weighted by molar-refractivity contribution is 0.511. The van der Waals surface area contributed by atoms with Crippen molar-refractivity contribution in [3.8, 4) is 0 Å². The molecule has 0 spiro atoms. The van der Waals surface area contributed by atoms with Crippen molar-refractivity contribution in [1.82, 2.24) is 20.2 Å². The number of unbranched alkanes of at least 4 members (excludes halogenated alkanes) is 1. The molecule has 0 aromatic carbocycles. The average molecular weight is 303 g/mol. The SMILES string of the molecule is CCNC(=NCc1ccco1)NCCCCn1ccnc1C. The summed E-state index contributed by atoms with van der Waals surface area (Å²) in [5.74, 6) is 2.77. The topological polar surface area (TPSA) is 67.4 Å². The minimum atomic E-state index is 0.552. The Morgan fingerprint density at radius 1 is 1.36 bits per heavy atom. The van der Waals surface area contributed by atoms with Gasteiger partial charge < -0.3 is 19.6 Å². The first kappa shape index (κ1) is 16.1. The van der Waals surface area contributed by atoms with Crippen molar-refractivity contribution in [3.63, 3.8) is 0 Å². The summed E-state index contributed by atoms with van der Waals surface area (Å²) in [7, 11) is 0. The van der Waals surface area contributed by atoms with Gasteiger partial charge in [0.25, 0.3) is 0 Å². The van der Waals surface area contributed by atoms with E-state index in [0.29, 0.717) is 6.54 Å². The molecule has 0 radical (unpaired) electrons. The molecule has 2 N–H and O–H groups in total. The molecule has 120 valence electrons. The number of aromatic nitrogens is 2. The summed E-state index contributed by atoms with van der Waals surface area (Å²) in [6.45, 7) is 7.40. The van der Waals surface area contributed by atoms with E-state index >= 15 is 0 Å². The molecule has 6 heteroatoms. The van der Waals surface area contributed by atoms with Crippen LogP contribution in [-0.4, -0.2) is 28.6 Å². The van der Waals surface area contributed by atoms with Gasteiger partial charge in [0, 0.05) is 32.0 Å². The fourth-order valence-corrected chi connectivity index (χ4v) is 2.16. The van der Waals surface area contributed by atoms with Crippen LogP contribution in [0.4, 0.5) is 0 Å². The summed E-state index contributed by atoms with van der Waals surface area (Å²) in [6.07, 6.45) is 7.74. The van der Waals surface area contributed by atoms with Gasteiger partial charge >= 0.3 is 0 Å². The van der Waals surface area contributed by atoms with Gasteiger partial charge in [-0.1, -0.05) is 0 Å². The van der Waals surface area contributed by atoms with E-state index in [1.807, 2.05) is 31.5 Å². The number of hydrogen-bond donors (Lipinski definition) is 2. The van der Waals surface area contributed by atoms with Gasteiger partial charge in [-0.3, -0.25) is 0 Å². The second-order valence-corrected chi connectivity index (χ2v) is 5.08. The lowest BCUT2D eigenvalue weighted by Gasteiger charge is -2.11. The Kier molecular flexibility index (Phi) is 6.54. The van der Waals surface area contributed by atoms with Crippen molar-refractivity contribution in [2.75, 3.05) is 13.1 Å². The van der Waals surface area contributed by atoms with Gasteiger partial charge in [0.1, 0.15) is 18.1 Å². The van der Waals surface area contributed by atoms with Gasteiger partial charge in [-0.05, 0) is 38.8 Å². The molecule has 0 fully saturated rings. The van der Waals surface area contributed by atoms with Crippen LogP contribution in [0.25, 0.3) is 0 Å². The van der Waals surface area contributed by atoms with E-state index in [1.54, 1.807) is 6.26 Å². The molecule has 0 aliphatic rings. The van der Waals surface area contributed by atoms with Crippen LogP contribution in [0.15, 0.2) is 40.2 Å². The van der Waals surface area contributed by atoms with Crippen molar-refractivity contribution in [2.45, 2.75) is 39.8 Å². The molecule has 2 aromatic heterocycles. The number of imidazole rings is 1. The summed E-state index contributed by atoms with van der Waals surface area (Å²) < 4.78 is 7.46. The van der Waals surface area contributed by atoms with Crippen LogP contribution in [0.5, 0.6) is 0 Å². The van der Waals surface area contributed by atoms with Gasteiger partial charge in [0.15, 0.2) is 5.96 Å². The zero-order chi connectivity index (χ0) is 15.6. The molecule has 0 aliphatic heterocycles. The largest absolute Gasteiger partial charge is 0.467 e. The molecule has 2 heterocycles. The highest BCUT2D eigenvalue weighted by Gasteiger charge is 2.00. The van der Waals surface area contributed by atoms with Gasteiger partial charge in [-0.2, -0.15) is 0 Å². The number of aryl methyl sites for hydroxylation is 2. The quantitative estimate of drug-likeness (QED) is 0.446. The van der Waals surface area contributed by atoms with E-state index in [2.05, 4.69) is 32.1 Å². The van der Waals surface area contributed by atoms with Gasteiger partial charge in [-0.15, -0.1) is 0 Å². The van der Waals surface area contributed by atoms with Crippen LogP contribution < -0.4 is 10.6 Å². The summed E-state index contributed by atoms with van der Waals surface area (Å²) >= 11 is 0. The Labute approximate surface area is 131 Å². The number of rotatable bonds is 8. The molecule has 0 atom stereocenters. The van der Waals surface area contributed by atoms with Gasteiger partial charge in [0.05, 0.1) is 6.26 Å². The lowest BCUT2D eigenvalue weighted by atomic mass is 10.3. The first-order valence-electron chi connectivity index (χ1n) is 7.82. The normalized spacial score (nSPS) is 11.6. The molecule has 2 aromatic rings. The first-order valence-corrected chi connectivity index (χ1v) is 7.82. The predicted octanol–water partition coefficient (Wildman–Crippen LogP) is 2.32. The van der Waals surface area contributed by atoms with E-state index in [-0.39, 0.29) is 0 Å². The summed E-state index contributed by atoms with van der Waals surface area (Å²) in [5, 5.41) is 6.59. The van der Waals surface area contributed by atoms with Crippen molar-refractivity contribution >= 4 is 5.96 Å². The molecule has 0 bridgehead atoms. The molecule has 22 heavy (non-hydrogen) atoms. The third-order valence-electron chi connectivity index (χ3n) is 3.36. The van der Waals surface area contributed by atoms with E-state index in [4.69, 9.17) is 4.42 Å². The van der Waals surface area contributed by atoms with Gasteiger partial charge in [-0.25, -0.2) is 9.98 Å². The summed E-state index contributed by atoms with van der Waals surface area (Å²) in [6, 6.07) is 3.81. The number of nitrogens with one attached hydrogen (secondary N) is 2. The first-order chi connectivity index (χ1) is 10.8. The molecular formula is C16H25N5O. The van der Waals surface area contributed by atoms with E-state index in [9.17, 15) is 0 Å². The Bertz CT molecular complexity index is 559. The Morgan fingerprint density at radius 2 is 2.27 bits per heavy atom. The van der Waals surface area contributed by atoms with Gasteiger partial charge in [0.2, 0.25) is 0 Å². The van der Waals surface area contributed by atoms with Crippen LogP contribution >= 0.6 is 0 Å². The molecule has 0 aliphatic carbocycles. The smallest absolute Gasteiger partial charge is 0.191 e. The van der Waals surface area contributed by atoms with Crippen molar-refractivity contribution in [1.29, 1.82) is 0 Å². The Morgan fingerprint density at radius 3 is 2.95 bits per heavy atom. The van der Waals surface area contributed by atoms with Crippen LogP contribution in [-0.2, 0) is 13.1 Å². The second kappa shape index (κ2) is 8.92. The number of aliphatic imine (C=N–C) groups is 1. The van der Waals surface area contributed by atoms with Crippen molar-refractivity contribution in [3.05, 3.63) is 42.4 Å². The maximum Gasteiger partial charge on any atom is 0.191 e. The highest BCUT2D eigenvalue weighted by molar-refractivity contribution is 5.79. The molecule has 0 saturated heterocycles. The summed E-state index contributed by atoms with van der Waals surface area (Å²) in [5.41, 5.74) is 0. The number of hydrogen-bond acceptors (Lipinski definition) is 3. The Balaban J connectivity index is 1.68. The number of furan rings is 1. The van der Waals surface area contributed by atoms with Crippen LogP contribution in [0.1, 0.15) is 31.4 Å². The predicted molar refractivity (Wildman–Crippen MR) is 87.7 cm³/mol. The minimum Gasteiger partial charge on any atom is -0.467 e. The Hall–Kier alpha value is -2.24. The second-order valence-electron chi connectivity index (χ2n) is 5.08. The highest BCUT2D eigenvalue weighted by atomic mass is 16.3. The maximum absolute atomic E-state index is 5.29. The average Bonchev–Trinajstić information content (AvgIpc) is 3.16. The van der Waals surface area contributed by atoms with E-state index in [1.165, 1.54) is 0 Å². The van der Waals surface area contributed by atoms with E-state index < -0.39 is 0 Å². The zero-order valence-electron chi connectivity index (χ0n) is 13.4. The monoisotopic (exact) mass is 303 g/mol. The fourth-order valence-electron chi connectivity index (χ4n) is 2.16. The molecular weight excluding hydrogens is 278 g/mol. The minimum absolute atomic E-state index is 0.552. The summed E-state index contributed by atoms with van der Waals surface area (Å²) in [4.78, 5) is 8.73. The third kappa shape index (κ3) is 5.27. The molecule has 2 rings (SSSR count). The van der Waals surface area contributed by atoms with Crippen LogP contribution in [0.3, 0.4) is 0 Å². The number of guanidine groups is 1. The molecule has 0 amide bonds. The number of nitrogens with zero attached hydrogens (tertiary/aromatic N) is 3. The third-order valence-corrected chi connectivity index (χ3v) is 3.36. The highest BCUT2D eigenvalue weighted by Crippen LogP contribution is 2.01. The standard InChI is InChI=1S/C16H25N5O/c1-3-17-16(20-13-15-7-6-12-22-15)19-8-4-5-10-21-11-9-18-14(21)2/h6-7,9,11-12H,3-5,8,10,13H2,1-2H3,(H2,17,19,20). The van der Waals surface area contributed by atoms with Crippen molar-refractivity contribution in [2.24, 2.45) is 4.99 Å². The van der Waals surface area contributed by atoms with Crippen molar-refractivity contribution < 1.29 is 4.42 Å². The maximum atomic E-state index is 5.29. The fraction of sp³-hybridized carbons (Fsp3) is 0.500. The molecule has 0 unspecified atom stereocenters. The zero-order valence-corrected chi connectivity index (χ0v) is 13.4. The van der Waals surface area contributed by atoms with Crippen LogP contribution in [0.2, 0.25) is 0 Å². The van der Waals surface area contributed by atoms with Crippen LogP contribution in [0, 0.1) is 6.92 Å². The molecule has 0 saturated carbocycles.